The summed E-state index contributed by atoms with van der Waals surface area (Å²) in [6.45, 7) is 0. The second-order valence-corrected chi connectivity index (χ2v) is 5.23. The number of para-hydroxylation sites is 1. The molecule has 0 radical (unpaired) electrons. The lowest BCUT2D eigenvalue weighted by Gasteiger charge is -2.03. The molecule has 1 aromatic heterocycles. The average Bonchev–Trinajstić information content (AvgIpc) is 2.83. The molecule has 1 aliphatic rings. The zero-order valence-electron chi connectivity index (χ0n) is 11.7. The Hall–Kier alpha value is -3.14. The first-order valence-electron chi connectivity index (χ1n) is 6.99. The Morgan fingerprint density at radius 2 is 1.95 bits per heavy atom. The van der Waals surface area contributed by atoms with Gasteiger partial charge in [-0.15, -0.1) is 0 Å². The van der Waals surface area contributed by atoms with E-state index in [-0.39, 0.29) is 5.91 Å². The van der Waals surface area contributed by atoms with Crippen molar-refractivity contribution in [2.75, 3.05) is 11.1 Å². The standard InChI is InChI=1S/C18H13N3O/c19-12-5-6-17-14(10-12)15(18(22)21-17)9-11-7-8-20-16-4-2-1-3-13(11)16/h1-10H,19H2,(H,21,22). The molecule has 106 valence electrons. The Morgan fingerprint density at radius 3 is 2.86 bits per heavy atom. The molecule has 0 spiro atoms. The molecule has 0 saturated carbocycles. The Bertz CT molecular complexity index is 939. The lowest BCUT2D eigenvalue weighted by Crippen LogP contribution is -2.03. The lowest BCUT2D eigenvalue weighted by atomic mass is 10.0. The van der Waals surface area contributed by atoms with E-state index >= 15 is 0 Å². The minimum Gasteiger partial charge on any atom is -0.399 e. The largest absolute Gasteiger partial charge is 0.399 e. The normalized spacial score (nSPS) is 15.1. The number of anilines is 2. The van der Waals surface area contributed by atoms with Crippen LogP contribution in [-0.2, 0) is 4.79 Å². The highest BCUT2D eigenvalue weighted by Crippen LogP contribution is 2.35. The quantitative estimate of drug-likeness (QED) is 0.533. The molecule has 22 heavy (non-hydrogen) atoms. The molecule has 1 amide bonds. The number of fused-ring (bicyclic) bond motifs is 2. The molecule has 0 bridgehead atoms. The fourth-order valence-corrected chi connectivity index (χ4v) is 2.75. The van der Waals surface area contributed by atoms with Crippen molar-refractivity contribution in [2.24, 2.45) is 0 Å². The molecule has 4 rings (SSSR count). The van der Waals surface area contributed by atoms with E-state index in [4.69, 9.17) is 5.73 Å². The van der Waals surface area contributed by atoms with E-state index < -0.39 is 0 Å². The zero-order chi connectivity index (χ0) is 15.1. The Kier molecular flexibility index (Phi) is 2.69. The Labute approximate surface area is 127 Å². The van der Waals surface area contributed by atoms with Gasteiger partial charge in [0.05, 0.1) is 5.52 Å². The molecule has 0 unspecified atom stereocenters. The summed E-state index contributed by atoms with van der Waals surface area (Å²) in [5.74, 6) is -0.110. The van der Waals surface area contributed by atoms with Gasteiger partial charge in [0.15, 0.2) is 0 Å². The number of hydrogen-bond acceptors (Lipinski definition) is 3. The number of amides is 1. The number of carbonyl (C=O) groups is 1. The molecule has 4 nitrogen and oxygen atoms in total. The van der Waals surface area contributed by atoms with Crippen LogP contribution in [0.3, 0.4) is 0 Å². The summed E-state index contributed by atoms with van der Waals surface area (Å²) in [4.78, 5) is 16.6. The van der Waals surface area contributed by atoms with E-state index in [1.54, 1.807) is 12.3 Å². The van der Waals surface area contributed by atoms with Crippen LogP contribution in [0.5, 0.6) is 0 Å². The summed E-state index contributed by atoms with van der Waals surface area (Å²) in [7, 11) is 0. The fourth-order valence-electron chi connectivity index (χ4n) is 2.75. The van der Waals surface area contributed by atoms with E-state index in [9.17, 15) is 4.79 Å². The van der Waals surface area contributed by atoms with Gasteiger partial charge in [-0.3, -0.25) is 9.78 Å². The highest BCUT2D eigenvalue weighted by molar-refractivity contribution is 6.35. The SMILES string of the molecule is Nc1ccc2c(c1)C(=Cc1ccnc3ccccc13)C(=O)N2. The van der Waals surface area contributed by atoms with Crippen molar-refractivity contribution >= 4 is 39.8 Å². The van der Waals surface area contributed by atoms with Gasteiger partial charge >= 0.3 is 0 Å². The van der Waals surface area contributed by atoms with Crippen molar-refractivity contribution in [1.29, 1.82) is 0 Å². The van der Waals surface area contributed by atoms with Gasteiger partial charge in [-0.1, -0.05) is 18.2 Å². The van der Waals surface area contributed by atoms with Crippen LogP contribution in [0.1, 0.15) is 11.1 Å². The van der Waals surface area contributed by atoms with Crippen molar-refractivity contribution in [3.05, 3.63) is 65.9 Å². The van der Waals surface area contributed by atoms with E-state index in [0.29, 0.717) is 11.3 Å². The van der Waals surface area contributed by atoms with Gasteiger partial charge in [0.2, 0.25) is 0 Å². The monoisotopic (exact) mass is 287 g/mol. The maximum Gasteiger partial charge on any atom is 0.256 e. The van der Waals surface area contributed by atoms with Crippen LogP contribution >= 0.6 is 0 Å². The number of hydrogen-bond donors (Lipinski definition) is 2. The third-order valence-electron chi connectivity index (χ3n) is 3.81. The van der Waals surface area contributed by atoms with Crippen molar-refractivity contribution in [1.82, 2.24) is 4.98 Å². The fraction of sp³-hybridized carbons (Fsp3) is 0. The number of nitrogens with one attached hydrogen (secondary N) is 1. The molecule has 1 aliphatic heterocycles. The van der Waals surface area contributed by atoms with Crippen LogP contribution in [0.25, 0.3) is 22.6 Å². The molecule has 2 aromatic carbocycles. The number of nitrogen functional groups attached to an aromatic ring is 1. The summed E-state index contributed by atoms with van der Waals surface area (Å²) >= 11 is 0. The molecule has 0 atom stereocenters. The number of aromatic nitrogens is 1. The minimum absolute atomic E-state index is 0.110. The lowest BCUT2D eigenvalue weighted by molar-refractivity contribution is -0.110. The van der Waals surface area contributed by atoms with Crippen molar-refractivity contribution in [3.63, 3.8) is 0 Å². The zero-order valence-corrected chi connectivity index (χ0v) is 11.7. The molecule has 2 heterocycles. The van der Waals surface area contributed by atoms with Crippen LogP contribution in [0.2, 0.25) is 0 Å². The van der Waals surface area contributed by atoms with Crippen LogP contribution in [0, 0.1) is 0 Å². The smallest absolute Gasteiger partial charge is 0.256 e. The summed E-state index contributed by atoms with van der Waals surface area (Å²) in [5.41, 5.74) is 10.6. The molecule has 0 saturated heterocycles. The topological polar surface area (TPSA) is 68.0 Å². The predicted octanol–water partition coefficient (Wildman–Crippen LogP) is 3.31. The summed E-state index contributed by atoms with van der Waals surface area (Å²) in [5, 5.41) is 3.88. The number of pyridine rings is 1. The van der Waals surface area contributed by atoms with Crippen LogP contribution in [0.4, 0.5) is 11.4 Å². The summed E-state index contributed by atoms with van der Waals surface area (Å²) in [6, 6.07) is 15.2. The van der Waals surface area contributed by atoms with Gasteiger partial charge < -0.3 is 11.1 Å². The second kappa shape index (κ2) is 4.70. The van der Waals surface area contributed by atoms with E-state index in [0.717, 1.165) is 27.7 Å². The molecular formula is C18H13N3O. The molecule has 0 fully saturated rings. The van der Waals surface area contributed by atoms with Gasteiger partial charge in [0.1, 0.15) is 0 Å². The first-order chi connectivity index (χ1) is 10.7. The minimum atomic E-state index is -0.110. The number of benzene rings is 2. The third-order valence-corrected chi connectivity index (χ3v) is 3.81. The average molecular weight is 287 g/mol. The maximum atomic E-state index is 12.2. The van der Waals surface area contributed by atoms with Gasteiger partial charge in [0, 0.05) is 34.1 Å². The number of carbonyl (C=O) groups excluding carboxylic acids is 1. The van der Waals surface area contributed by atoms with E-state index in [1.165, 1.54) is 0 Å². The van der Waals surface area contributed by atoms with Gasteiger partial charge in [-0.05, 0) is 42.0 Å². The molecular weight excluding hydrogens is 274 g/mol. The molecule has 4 heteroatoms. The first kappa shape index (κ1) is 12.6. The number of nitrogens with zero attached hydrogens (tertiary/aromatic N) is 1. The van der Waals surface area contributed by atoms with Gasteiger partial charge in [0.25, 0.3) is 5.91 Å². The predicted molar refractivity (Wildman–Crippen MR) is 89.1 cm³/mol. The highest BCUT2D eigenvalue weighted by atomic mass is 16.2. The highest BCUT2D eigenvalue weighted by Gasteiger charge is 2.24. The van der Waals surface area contributed by atoms with Gasteiger partial charge in [-0.25, -0.2) is 0 Å². The molecule has 3 N–H and O–H groups in total. The maximum absolute atomic E-state index is 12.2. The Morgan fingerprint density at radius 1 is 1.09 bits per heavy atom. The first-order valence-corrected chi connectivity index (χ1v) is 6.99. The summed E-state index contributed by atoms with van der Waals surface area (Å²) < 4.78 is 0. The van der Waals surface area contributed by atoms with Crippen molar-refractivity contribution in [2.45, 2.75) is 0 Å². The Balaban J connectivity index is 1.93. The number of rotatable bonds is 1. The van der Waals surface area contributed by atoms with Crippen LogP contribution in [0.15, 0.2) is 54.7 Å². The second-order valence-electron chi connectivity index (χ2n) is 5.23. The number of nitrogens with two attached hydrogens (primary N) is 1. The molecule has 0 aliphatic carbocycles. The third kappa shape index (κ3) is 1.93. The van der Waals surface area contributed by atoms with E-state index in [2.05, 4.69) is 10.3 Å². The van der Waals surface area contributed by atoms with Gasteiger partial charge in [-0.2, -0.15) is 0 Å². The van der Waals surface area contributed by atoms with Crippen molar-refractivity contribution < 1.29 is 4.79 Å². The van der Waals surface area contributed by atoms with Crippen LogP contribution < -0.4 is 11.1 Å². The van der Waals surface area contributed by atoms with Crippen LogP contribution in [-0.4, -0.2) is 10.9 Å². The summed E-state index contributed by atoms with van der Waals surface area (Å²) in [6.07, 6.45) is 3.65. The van der Waals surface area contributed by atoms with E-state index in [1.807, 2.05) is 48.5 Å². The van der Waals surface area contributed by atoms with Crippen molar-refractivity contribution in [3.8, 4) is 0 Å². The molecule has 3 aromatic rings.